The molecular formula is C18H19NO2. The molecule has 2 atom stereocenters. The number of rotatable bonds is 4. The Kier molecular flexibility index (Phi) is 4.02. The molecule has 0 bridgehead atoms. The first-order valence-electron chi connectivity index (χ1n) is 7.29. The van der Waals surface area contributed by atoms with Crippen LogP contribution in [0, 0.1) is 5.92 Å². The lowest BCUT2D eigenvalue weighted by Crippen LogP contribution is -2.25. The molecule has 1 fully saturated rings. The number of amides is 1. The molecule has 0 aliphatic carbocycles. The van der Waals surface area contributed by atoms with Crippen LogP contribution in [0.15, 0.2) is 60.7 Å². The van der Waals surface area contributed by atoms with Gasteiger partial charge in [0.15, 0.2) is 0 Å². The van der Waals surface area contributed by atoms with Crippen LogP contribution < -0.4 is 0 Å². The third kappa shape index (κ3) is 3.14. The van der Waals surface area contributed by atoms with Gasteiger partial charge in [-0.3, -0.25) is 4.79 Å². The van der Waals surface area contributed by atoms with E-state index >= 15 is 0 Å². The van der Waals surface area contributed by atoms with Crippen LogP contribution in [0.2, 0.25) is 0 Å². The largest absolute Gasteiger partial charge is 0.388 e. The van der Waals surface area contributed by atoms with Crippen molar-refractivity contribution in [2.24, 2.45) is 5.92 Å². The van der Waals surface area contributed by atoms with E-state index in [1.54, 1.807) is 0 Å². The molecule has 1 heterocycles. The molecule has 1 aliphatic heterocycles. The Morgan fingerprint density at radius 1 is 1.05 bits per heavy atom. The first kappa shape index (κ1) is 13.8. The van der Waals surface area contributed by atoms with Gasteiger partial charge in [-0.2, -0.15) is 0 Å². The van der Waals surface area contributed by atoms with Crippen molar-refractivity contribution in [1.82, 2.24) is 4.90 Å². The quantitative estimate of drug-likeness (QED) is 0.936. The van der Waals surface area contributed by atoms with Crippen LogP contribution in [0.3, 0.4) is 0 Å². The fourth-order valence-corrected chi connectivity index (χ4v) is 2.89. The van der Waals surface area contributed by atoms with Gasteiger partial charge in [0.1, 0.15) is 0 Å². The maximum atomic E-state index is 12.1. The normalized spacial score (nSPS) is 19.8. The van der Waals surface area contributed by atoms with Gasteiger partial charge in [0.2, 0.25) is 5.91 Å². The van der Waals surface area contributed by atoms with E-state index in [1.165, 1.54) is 0 Å². The van der Waals surface area contributed by atoms with Gasteiger partial charge < -0.3 is 10.0 Å². The standard InChI is InChI=1S/C18H19NO2/c20-17-11-16(18(21)15-9-5-2-6-10-15)13-19(17)12-14-7-3-1-4-8-14/h1-10,16,18,21H,11-13H2. The maximum absolute atomic E-state index is 12.1. The van der Waals surface area contributed by atoms with Gasteiger partial charge in [0.25, 0.3) is 0 Å². The van der Waals surface area contributed by atoms with Crippen LogP contribution in [0.25, 0.3) is 0 Å². The SMILES string of the molecule is O=C1CC(C(O)c2ccccc2)CN1Cc1ccccc1. The van der Waals surface area contributed by atoms with Gasteiger partial charge in [-0.1, -0.05) is 60.7 Å². The fourth-order valence-electron chi connectivity index (χ4n) is 2.89. The number of nitrogens with zero attached hydrogens (tertiary/aromatic N) is 1. The second kappa shape index (κ2) is 6.10. The van der Waals surface area contributed by atoms with Crippen molar-refractivity contribution in [2.75, 3.05) is 6.54 Å². The Labute approximate surface area is 124 Å². The number of likely N-dealkylation sites (tertiary alicyclic amines) is 1. The molecule has 1 saturated heterocycles. The Balaban J connectivity index is 1.67. The Morgan fingerprint density at radius 2 is 1.67 bits per heavy atom. The summed E-state index contributed by atoms with van der Waals surface area (Å²) in [6.07, 6.45) is -0.154. The summed E-state index contributed by atoms with van der Waals surface area (Å²) in [4.78, 5) is 14.0. The number of carbonyl (C=O) groups is 1. The van der Waals surface area contributed by atoms with Crippen LogP contribution in [0.1, 0.15) is 23.7 Å². The lowest BCUT2D eigenvalue weighted by atomic mass is 9.95. The second-order valence-corrected chi connectivity index (χ2v) is 5.58. The smallest absolute Gasteiger partial charge is 0.223 e. The van der Waals surface area contributed by atoms with E-state index in [0.29, 0.717) is 19.5 Å². The van der Waals surface area contributed by atoms with Gasteiger partial charge in [0.05, 0.1) is 6.10 Å². The zero-order chi connectivity index (χ0) is 14.7. The summed E-state index contributed by atoms with van der Waals surface area (Å²) in [5.74, 6) is 0.0995. The second-order valence-electron chi connectivity index (χ2n) is 5.58. The molecular weight excluding hydrogens is 262 g/mol. The summed E-state index contributed by atoms with van der Waals surface area (Å²) in [6, 6.07) is 19.5. The molecule has 21 heavy (non-hydrogen) atoms. The number of aliphatic hydroxyl groups is 1. The monoisotopic (exact) mass is 281 g/mol. The molecule has 3 nitrogen and oxygen atoms in total. The molecule has 108 valence electrons. The lowest BCUT2D eigenvalue weighted by molar-refractivity contribution is -0.128. The minimum Gasteiger partial charge on any atom is -0.388 e. The van der Waals surface area contributed by atoms with Crippen LogP contribution in [-0.2, 0) is 11.3 Å². The Bertz CT molecular complexity index is 597. The highest BCUT2D eigenvalue weighted by molar-refractivity contribution is 5.78. The van der Waals surface area contributed by atoms with Crippen molar-refractivity contribution in [1.29, 1.82) is 0 Å². The highest BCUT2D eigenvalue weighted by atomic mass is 16.3. The van der Waals surface area contributed by atoms with Crippen LogP contribution in [0.5, 0.6) is 0 Å². The maximum Gasteiger partial charge on any atom is 0.223 e. The first-order valence-corrected chi connectivity index (χ1v) is 7.29. The number of benzene rings is 2. The molecule has 0 spiro atoms. The molecule has 0 aromatic heterocycles. The summed E-state index contributed by atoms with van der Waals surface area (Å²) in [5.41, 5.74) is 2.01. The van der Waals surface area contributed by atoms with Crippen LogP contribution in [-0.4, -0.2) is 22.5 Å². The van der Waals surface area contributed by atoms with Crippen LogP contribution >= 0.6 is 0 Å². The van der Waals surface area contributed by atoms with Crippen molar-refractivity contribution in [3.05, 3.63) is 71.8 Å². The number of hydrogen-bond donors (Lipinski definition) is 1. The zero-order valence-corrected chi connectivity index (χ0v) is 11.9. The summed E-state index contributed by atoms with van der Waals surface area (Å²) in [5, 5.41) is 10.4. The minimum absolute atomic E-state index is 0.0244. The van der Waals surface area contributed by atoms with Crippen LogP contribution in [0.4, 0.5) is 0 Å². The van der Waals surface area contributed by atoms with Gasteiger partial charge in [-0.15, -0.1) is 0 Å². The van der Waals surface area contributed by atoms with Gasteiger partial charge in [-0.05, 0) is 11.1 Å². The minimum atomic E-state index is -0.573. The third-order valence-corrected chi connectivity index (χ3v) is 4.05. The number of hydrogen-bond acceptors (Lipinski definition) is 2. The van der Waals surface area contributed by atoms with E-state index in [-0.39, 0.29) is 11.8 Å². The highest BCUT2D eigenvalue weighted by Crippen LogP contribution is 2.31. The predicted octanol–water partition coefficient (Wildman–Crippen LogP) is 2.77. The topological polar surface area (TPSA) is 40.5 Å². The van der Waals surface area contributed by atoms with Gasteiger partial charge in [-0.25, -0.2) is 0 Å². The van der Waals surface area contributed by atoms with Crippen molar-refractivity contribution >= 4 is 5.91 Å². The highest BCUT2D eigenvalue weighted by Gasteiger charge is 2.34. The van der Waals surface area contributed by atoms with Crippen molar-refractivity contribution < 1.29 is 9.90 Å². The predicted molar refractivity (Wildman–Crippen MR) is 81.4 cm³/mol. The molecule has 1 N–H and O–H groups in total. The summed E-state index contributed by atoms with van der Waals surface area (Å²) in [7, 11) is 0. The molecule has 2 aromatic carbocycles. The van der Waals surface area contributed by atoms with E-state index in [0.717, 1.165) is 11.1 Å². The molecule has 1 aliphatic rings. The van der Waals surface area contributed by atoms with Crippen molar-refractivity contribution in [3.63, 3.8) is 0 Å². The molecule has 3 heteroatoms. The molecule has 3 rings (SSSR count). The van der Waals surface area contributed by atoms with E-state index < -0.39 is 6.10 Å². The average molecular weight is 281 g/mol. The summed E-state index contributed by atoms with van der Waals surface area (Å²) >= 11 is 0. The van der Waals surface area contributed by atoms with Crippen molar-refractivity contribution in [2.45, 2.75) is 19.1 Å². The van der Waals surface area contributed by atoms with E-state index in [1.807, 2.05) is 65.6 Å². The zero-order valence-electron chi connectivity index (χ0n) is 11.9. The molecule has 2 unspecified atom stereocenters. The fraction of sp³-hybridized carbons (Fsp3) is 0.278. The van der Waals surface area contributed by atoms with E-state index in [2.05, 4.69) is 0 Å². The van der Waals surface area contributed by atoms with Crippen molar-refractivity contribution in [3.8, 4) is 0 Å². The number of aliphatic hydroxyl groups excluding tert-OH is 1. The average Bonchev–Trinajstić information content (AvgIpc) is 2.89. The molecule has 2 aromatic rings. The summed E-state index contributed by atoms with van der Waals surface area (Å²) < 4.78 is 0. The summed E-state index contributed by atoms with van der Waals surface area (Å²) in [6.45, 7) is 1.24. The Morgan fingerprint density at radius 3 is 2.33 bits per heavy atom. The van der Waals surface area contributed by atoms with E-state index in [4.69, 9.17) is 0 Å². The van der Waals surface area contributed by atoms with Gasteiger partial charge in [0, 0.05) is 25.4 Å². The van der Waals surface area contributed by atoms with E-state index in [9.17, 15) is 9.90 Å². The number of carbonyl (C=O) groups excluding carboxylic acids is 1. The molecule has 0 saturated carbocycles. The first-order chi connectivity index (χ1) is 10.2. The lowest BCUT2D eigenvalue weighted by Gasteiger charge is -2.20. The Hall–Kier alpha value is -2.13. The third-order valence-electron chi connectivity index (χ3n) is 4.05. The molecule has 0 radical (unpaired) electrons. The van der Waals surface area contributed by atoms with Gasteiger partial charge >= 0.3 is 0 Å². The molecule has 1 amide bonds.